The average molecular weight is 293 g/mol. The monoisotopic (exact) mass is 293 g/mol. The molecule has 3 N–H and O–H groups in total. The fraction of sp³-hybridized carbons (Fsp3) is 0.357. The van der Waals surface area contributed by atoms with Crippen LogP contribution in [0.2, 0.25) is 0 Å². The van der Waals surface area contributed by atoms with E-state index in [4.69, 9.17) is 9.84 Å². The minimum absolute atomic E-state index is 0.137. The number of urea groups is 1. The minimum Gasteiger partial charge on any atom is -0.478 e. The van der Waals surface area contributed by atoms with E-state index >= 15 is 0 Å². The van der Waals surface area contributed by atoms with Crippen LogP contribution in [0.5, 0.6) is 0 Å². The summed E-state index contributed by atoms with van der Waals surface area (Å²) in [5, 5.41) is 14.1. The van der Waals surface area contributed by atoms with E-state index in [0.29, 0.717) is 25.5 Å². The Balaban J connectivity index is 2.22. The zero-order valence-electron chi connectivity index (χ0n) is 11.7. The lowest BCUT2D eigenvalue weighted by Gasteiger charge is -2.08. The number of aromatic carboxylic acids is 1. The molecule has 0 aliphatic carbocycles. The lowest BCUT2D eigenvalue weighted by atomic mass is 10.2. The number of carbonyl (C=O) groups is 2. The summed E-state index contributed by atoms with van der Waals surface area (Å²) in [5.74, 6) is -1.03. The highest BCUT2D eigenvalue weighted by molar-refractivity contribution is 5.87. The summed E-state index contributed by atoms with van der Waals surface area (Å²) in [7, 11) is 0. The highest BCUT2D eigenvalue weighted by Crippen LogP contribution is 2.01. The number of carboxylic acids is 1. The van der Waals surface area contributed by atoms with E-state index < -0.39 is 5.97 Å². The number of carbonyl (C=O) groups excluding carboxylic acids is 1. The van der Waals surface area contributed by atoms with Gasteiger partial charge in [-0.15, -0.1) is 6.58 Å². The van der Waals surface area contributed by atoms with E-state index in [1.165, 1.54) is 18.3 Å². The van der Waals surface area contributed by atoms with Gasteiger partial charge < -0.3 is 20.5 Å². The van der Waals surface area contributed by atoms with Crippen LogP contribution in [0.1, 0.15) is 22.5 Å². The van der Waals surface area contributed by atoms with Gasteiger partial charge in [0.2, 0.25) is 0 Å². The number of hydrogen-bond donors (Lipinski definition) is 3. The highest BCUT2D eigenvalue weighted by atomic mass is 16.5. The standard InChI is InChI=1S/C14H19N3O4/c1-2-3-7-21-8-6-16-14(20)17-10-12-9-11(13(18)19)4-5-15-12/h2,4-5,9H,1,3,6-8,10H2,(H,18,19)(H2,16,17,20). The molecule has 0 radical (unpaired) electrons. The van der Waals surface area contributed by atoms with E-state index in [1.807, 2.05) is 0 Å². The molecule has 1 aromatic rings. The summed E-state index contributed by atoms with van der Waals surface area (Å²) in [5.41, 5.74) is 0.616. The van der Waals surface area contributed by atoms with E-state index in [-0.39, 0.29) is 18.1 Å². The molecule has 0 aliphatic heterocycles. The molecule has 0 spiro atoms. The van der Waals surface area contributed by atoms with Crippen molar-refractivity contribution in [2.75, 3.05) is 19.8 Å². The van der Waals surface area contributed by atoms with E-state index in [9.17, 15) is 9.59 Å². The highest BCUT2D eigenvalue weighted by Gasteiger charge is 2.05. The van der Waals surface area contributed by atoms with Crippen LogP contribution in [-0.2, 0) is 11.3 Å². The molecule has 0 saturated heterocycles. The maximum atomic E-state index is 11.5. The van der Waals surface area contributed by atoms with Gasteiger partial charge in [-0.1, -0.05) is 6.08 Å². The van der Waals surface area contributed by atoms with E-state index in [2.05, 4.69) is 22.2 Å². The Morgan fingerprint density at radius 2 is 2.19 bits per heavy atom. The summed E-state index contributed by atoms with van der Waals surface area (Å²) in [6.07, 6.45) is 3.93. The Kier molecular flexibility index (Phi) is 7.52. The first-order chi connectivity index (χ1) is 10.1. The third-order valence-electron chi connectivity index (χ3n) is 2.49. The lowest BCUT2D eigenvalue weighted by Crippen LogP contribution is -2.37. The third kappa shape index (κ3) is 7.07. The maximum Gasteiger partial charge on any atom is 0.335 e. The van der Waals surface area contributed by atoms with Gasteiger partial charge in [0.05, 0.1) is 31.0 Å². The molecule has 0 bridgehead atoms. The van der Waals surface area contributed by atoms with Crippen LogP contribution in [0.25, 0.3) is 0 Å². The van der Waals surface area contributed by atoms with Crippen molar-refractivity contribution in [2.24, 2.45) is 0 Å². The van der Waals surface area contributed by atoms with Gasteiger partial charge in [-0.05, 0) is 18.6 Å². The second kappa shape index (κ2) is 9.49. The number of hydrogen-bond acceptors (Lipinski definition) is 4. The van der Waals surface area contributed by atoms with Crippen LogP contribution in [-0.4, -0.2) is 41.8 Å². The van der Waals surface area contributed by atoms with Crippen molar-refractivity contribution in [3.05, 3.63) is 42.2 Å². The van der Waals surface area contributed by atoms with Gasteiger partial charge in [-0.3, -0.25) is 4.98 Å². The predicted octanol–water partition coefficient (Wildman–Crippen LogP) is 1.17. The van der Waals surface area contributed by atoms with Crippen molar-refractivity contribution in [1.29, 1.82) is 0 Å². The molecule has 1 rings (SSSR count). The third-order valence-corrected chi connectivity index (χ3v) is 2.49. The van der Waals surface area contributed by atoms with Crippen molar-refractivity contribution in [2.45, 2.75) is 13.0 Å². The fourth-order valence-corrected chi connectivity index (χ4v) is 1.45. The molecule has 7 heteroatoms. The molecule has 0 unspecified atom stereocenters. The Morgan fingerprint density at radius 3 is 2.90 bits per heavy atom. The predicted molar refractivity (Wildman–Crippen MR) is 77.1 cm³/mol. The van der Waals surface area contributed by atoms with Gasteiger partial charge in [0.15, 0.2) is 0 Å². The van der Waals surface area contributed by atoms with Crippen molar-refractivity contribution < 1.29 is 19.4 Å². The second-order valence-corrected chi connectivity index (χ2v) is 4.14. The summed E-state index contributed by atoms with van der Waals surface area (Å²) in [6.45, 7) is 5.13. The largest absolute Gasteiger partial charge is 0.478 e. The van der Waals surface area contributed by atoms with E-state index in [0.717, 1.165) is 6.42 Å². The Morgan fingerprint density at radius 1 is 1.38 bits per heavy atom. The Bertz CT molecular complexity index is 491. The van der Waals surface area contributed by atoms with Crippen LogP contribution in [0, 0.1) is 0 Å². The first kappa shape index (κ1) is 16.6. The summed E-state index contributed by atoms with van der Waals surface area (Å²) in [6, 6.07) is 2.46. The summed E-state index contributed by atoms with van der Waals surface area (Å²) in [4.78, 5) is 26.3. The number of carboxylic acid groups (broad SMARTS) is 1. The van der Waals surface area contributed by atoms with Crippen molar-refractivity contribution in [1.82, 2.24) is 15.6 Å². The van der Waals surface area contributed by atoms with Crippen LogP contribution < -0.4 is 10.6 Å². The first-order valence-electron chi connectivity index (χ1n) is 6.52. The topological polar surface area (TPSA) is 101 Å². The molecule has 0 fully saturated rings. The Labute approximate surface area is 123 Å². The zero-order valence-corrected chi connectivity index (χ0v) is 11.7. The van der Waals surface area contributed by atoms with Crippen molar-refractivity contribution in [3.63, 3.8) is 0 Å². The van der Waals surface area contributed by atoms with Crippen molar-refractivity contribution >= 4 is 12.0 Å². The number of rotatable bonds is 9. The molecule has 1 heterocycles. The molecule has 0 atom stereocenters. The molecule has 7 nitrogen and oxygen atoms in total. The Hall–Kier alpha value is -2.41. The lowest BCUT2D eigenvalue weighted by molar-refractivity contribution is 0.0696. The van der Waals surface area contributed by atoms with Crippen LogP contribution in [0.3, 0.4) is 0 Å². The SMILES string of the molecule is C=CCCOCCNC(=O)NCc1cc(C(=O)O)ccn1. The van der Waals surface area contributed by atoms with Crippen LogP contribution in [0.15, 0.2) is 31.0 Å². The molecule has 21 heavy (non-hydrogen) atoms. The molecule has 0 aliphatic rings. The normalized spacial score (nSPS) is 9.90. The smallest absolute Gasteiger partial charge is 0.335 e. The number of pyridine rings is 1. The molecular weight excluding hydrogens is 274 g/mol. The zero-order chi connectivity index (χ0) is 15.5. The minimum atomic E-state index is -1.03. The van der Waals surface area contributed by atoms with Gasteiger partial charge in [-0.25, -0.2) is 9.59 Å². The number of nitrogens with zero attached hydrogens (tertiary/aromatic N) is 1. The van der Waals surface area contributed by atoms with Gasteiger partial charge in [-0.2, -0.15) is 0 Å². The maximum absolute atomic E-state index is 11.5. The molecule has 0 saturated carbocycles. The summed E-state index contributed by atoms with van der Waals surface area (Å²) >= 11 is 0. The average Bonchev–Trinajstić information content (AvgIpc) is 2.49. The quantitative estimate of drug-likeness (QED) is 0.469. The van der Waals surface area contributed by atoms with Gasteiger partial charge in [0, 0.05) is 12.7 Å². The molecule has 1 aromatic heterocycles. The second-order valence-electron chi connectivity index (χ2n) is 4.14. The molecule has 114 valence electrons. The van der Waals surface area contributed by atoms with Gasteiger partial charge >= 0.3 is 12.0 Å². The van der Waals surface area contributed by atoms with Crippen LogP contribution >= 0.6 is 0 Å². The number of ether oxygens (including phenoxy) is 1. The van der Waals surface area contributed by atoms with E-state index in [1.54, 1.807) is 6.08 Å². The number of aromatic nitrogens is 1. The first-order valence-corrected chi connectivity index (χ1v) is 6.52. The van der Waals surface area contributed by atoms with Gasteiger partial charge in [0.25, 0.3) is 0 Å². The summed E-state index contributed by atoms with van der Waals surface area (Å²) < 4.78 is 5.24. The van der Waals surface area contributed by atoms with Crippen molar-refractivity contribution in [3.8, 4) is 0 Å². The number of amides is 2. The van der Waals surface area contributed by atoms with Gasteiger partial charge in [0.1, 0.15) is 0 Å². The molecule has 0 aromatic carbocycles. The number of nitrogens with one attached hydrogen (secondary N) is 2. The molecule has 2 amide bonds. The fourth-order valence-electron chi connectivity index (χ4n) is 1.45. The van der Waals surface area contributed by atoms with Crippen LogP contribution in [0.4, 0.5) is 4.79 Å². The molecular formula is C14H19N3O4.